The fourth-order valence-corrected chi connectivity index (χ4v) is 2.10. The average molecular weight is 226 g/mol. The van der Waals surface area contributed by atoms with Gasteiger partial charge in [0, 0.05) is 15.7 Å². The van der Waals surface area contributed by atoms with E-state index in [2.05, 4.69) is 26.5 Å². The molecule has 0 saturated heterocycles. The van der Waals surface area contributed by atoms with Crippen LogP contribution in [0.1, 0.15) is 24.2 Å². The van der Waals surface area contributed by atoms with Gasteiger partial charge < -0.3 is 0 Å². The Balaban J connectivity index is 2.73. The van der Waals surface area contributed by atoms with Crippen LogP contribution in [0.2, 0.25) is 0 Å². The number of hydrogen-bond acceptors (Lipinski definition) is 3. The molecule has 1 nitrogen and oxygen atoms in total. The van der Waals surface area contributed by atoms with Gasteiger partial charge in [-0.1, -0.05) is 26.0 Å². The van der Waals surface area contributed by atoms with Gasteiger partial charge in [-0.2, -0.15) is 12.6 Å². The molecule has 0 amide bonds. The molecule has 3 heteroatoms. The standard InChI is InChI=1S/C11H14OS2/c1-8(2)14-10-5-3-9(4-6-10)11(12)7-13/h3-6,8,13H,7H2,1-2H3. The summed E-state index contributed by atoms with van der Waals surface area (Å²) in [5.74, 6) is 0.353. The number of benzene rings is 1. The number of thioether (sulfide) groups is 1. The Kier molecular flexibility index (Phi) is 4.55. The Morgan fingerprint density at radius 3 is 2.36 bits per heavy atom. The van der Waals surface area contributed by atoms with Crippen molar-refractivity contribution in [1.82, 2.24) is 0 Å². The Morgan fingerprint density at radius 1 is 1.36 bits per heavy atom. The fourth-order valence-electron chi connectivity index (χ4n) is 1.08. The number of thiol groups is 1. The van der Waals surface area contributed by atoms with E-state index in [0.29, 0.717) is 5.25 Å². The number of Topliss-reactive ketones (excluding diaryl/α,β-unsaturated/α-hetero) is 1. The predicted molar refractivity (Wildman–Crippen MR) is 65.6 cm³/mol. The van der Waals surface area contributed by atoms with Crippen LogP contribution in [-0.2, 0) is 0 Å². The SMILES string of the molecule is CC(C)Sc1ccc(C(=O)CS)cc1. The van der Waals surface area contributed by atoms with Gasteiger partial charge >= 0.3 is 0 Å². The maximum absolute atomic E-state index is 11.3. The van der Waals surface area contributed by atoms with Crippen LogP contribution >= 0.6 is 24.4 Å². The first kappa shape index (κ1) is 11.7. The van der Waals surface area contributed by atoms with Crippen molar-refractivity contribution in [2.45, 2.75) is 24.0 Å². The van der Waals surface area contributed by atoms with E-state index in [1.165, 1.54) is 4.90 Å². The molecule has 0 N–H and O–H groups in total. The quantitative estimate of drug-likeness (QED) is 0.482. The van der Waals surface area contributed by atoms with Crippen LogP contribution in [0.15, 0.2) is 29.2 Å². The zero-order valence-electron chi connectivity index (χ0n) is 8.36. The molecule has 0 saturated carbocycles. The fraction of sp³-hybridized carbons (Fsp3) is 0.364. The molecule has 76 valence electrons. The van der Waals surface area contributed by atoms with Gasteiger partial charge in [0.25, 0.3) is 0 Å². The summed E-state index contributed by atoms with van der Waals surface area (Å²) in [6.07, 6.45) is 0. The van der Waals surface area contributed by atoms with Gasteiger partial charge in [-0.25, -0.2) is 0 Å². The zero-order chi connectivity index (χ0) is 10.6. The van der Waals surface area contributed by atoms with Gasteiger partial charge in [0.15, 0.2) is 5.78 Å². The van der Waals surface area contributed by atoms with E-state index in [1.54, 1.807) is 11.8 Å². The lowest BCUT2D eigenvalue weighted by atomic mass is 10.1. The third-order valence-electron chi connectivity index (χ3n) is 1.69. The molecule has 0 aliphatic rings. The normalized spacial score (nSPS) is 10.6. The second-order valence-electron chi connectivity index (χ2n) is 3.27. The number of carbonyl (C=O) groups excluding carboxylic acids is 1. The van der Waals surface area contributed by atoms with Crippen LogP contribution < -0.4 is 0 Å². The number of ketones is 1. The first-order chi connectivity index (χ1) is 6.63. The highest BCUT2D eigenvalue weighted by Gasteiger charge is 2.03. The Hall–Kier alpha value is -0.410. The molecule has 0 bridgehead atoms. The minimum Gasteiger partial charge on any atom is -0.293 e. The van der Waals surface area contributed by atoms with Crippen molar-refractivity contribution in [2.24, 2.45) is 0 Å². The minimum atomic E-state index is 0.0782. The molecule has 0 aliphatic carbocycles. The number of hydrogen-bond donors (Lipinski definition) is 1. The lowest BCUT2D eigenvalue weighted by Gasteiger charge is -2.04. The van der Waals surface area contributed by atoms with Gasteiger partial charge in [0.05, 0.1) is 5.75 Å². The Labute approximate surface area is 94.7 Å². The van der Waals surface area contributed by atoms with E-state index in [0.717, 1.165) is 5.56 Å². The van der Waals surface area contributed by atoms with Gasteiger partial charge in [-0.15, -0.1) is 11.8 Å². The maximum atomic E-state index is 11.3. The molecular formula is C11H14OS2. The van der Waals surface area contributed by atoms with Crippen LogP contribution in [0.5, 0.6) is 0 Å². The van der Waals surface area contributed by atoms with Gasteiger partial charge in [-0.05, 0) is 12.1 Å². The third-order valence-corrected chi connectivity index (χ3v) is 2.99. The maximum Gasteiger partial charge on any atom is 0.172 e. The van der Waals surface area contributed by atoms with E-state index >= 15 is 0 Å². The Morgan fingerprint density at radius 2 is 1.93 bits per heavy atom. The van der Waals surface area contributed by atoms with Crippen molar-refractivity contribution < 1.29 is 4.79 Å². The highest BCUT2D eigenvalue weighted by atomic mass is 32.2. The molecule has 0 spiro atoms. The lowest BCUT2D eigenvalue weighted by Crippen LogP contribution is -1.99. The molecule has 0 heterocycles. The summed E-state index contributed by atoms with van der Waals surface area (Å²) >= 11 is 5.75. The predicted octanol–water partition coefficient (Wildman–Crippen LogP) is 3.30. The van der Waals surface area contributed by atoms with Crippen LogP contribution in [0, 0.1) is 0 Å². The summed E-state index contributed by atoms with van der Waals surface area (Å²) in [5, 5.41) is 0.571. The molecule has 1 aromatic rings. The zero-order valence-corrected chi connectivity index (χ0v) is 10.1. The summed E-state index contributed by atoms with van der Waals surface area (Å²) in [5.41, 5.74) is 0.744. The minimum absolute atomic E-state index is 0.0782. The third kappa shape index (κ3) is 3.39. The monoisotopic (exact) mass is 226 g/mol. The largest absolute Gasteiger partial charge is 0.293 e. The van der Waals surface area contributed by atoms with Crippen molar-refractivity contribution in [3.63, 3.8) is 0 Å². The van der Waals surface area contributed by atoms with Crippen molar-refractivity contribution in [3.8, 4) is 0 Å². The molecule has 0 atom stereocenters. The first-order valence-corrected chi connectivity index (χ1v) is 6.05. The van der Waals surface area contributed by atoms with Gasteiger partial charge in [0.2, 0.25) is 0 Å². The highest BCUT2D eigenvalue weighted by molar-refractivity contribution is 7.99. The van der Waals surface area contributed by atoms with E-state index in [1.807, 2.05) is 24.3 Å². The van der Waals surface area contributed by atoms with E-state index in [9.17, 15) is 4.79 Å². The molecule has 14 heavy (non-hydrogen) atoms. The van der Waals surface area contributed by atoms with Crippen LogP contribution in [0.4, 0.5) is 0 Å². The summed E-state index contributed by atoms with van der Waals surface area (Å²) in [4.78, 5) is 12.5. The van der Waals surface area contributed by atoms with E-state index < -0.39 is 0 Å². The second-order valence-corrected chi connectivity index (χ2v) is 5.24. The van der Waals surface area contributed by atoms with Crippen molar-refractivity contribution in [2.75, 3.05) is 5.75 Å². The van der Waals surface area contributed by atoms with Crippen LogP contribution in [0.3, 0.4) is 0 Å². The first-order valence-electron chi connectivity index (χ1n) is 4.54. The van der Waals surface area contributed by atoms with Gasteiger partial charge in [0.1, 0.15) is 0 Å². The Bertz CT molecular complexity index is 304. The van der Waals surface area contributed by atoms with E-state index in [-0.39, 0.29) is 11.5 Å². The summed E-state index contributed by atoms with van der Waals surface area (Å²) in [6.45, 7) is 4.30. The van der Waals surface area contributed by atoms with Crippen molar-refractivity contribution in [3.05, 3.63) is 29.8 Å². The van der Waals surface area contributed by atoms with Crippen molar-refractivity contribution >= 4 is 30.2 Å². The molecule has 1 rings (SSSR count). The lowest BCUT2D eigenvalue weighted by molar-refractivity contribution is 0.102. The molecule has 0 fully saturated rings. The molecular weight excluding hydrogens is 212 g/mol. The number of carbonyl (C=O) groups is 1. The topological polar surface area (TPSA) is 17.1 Å². The summed E-state index contributed by atoms with van der Waals surface area (Å²) in [7, 11) is 0. The summed E-state index contributed by atoms with van der Waals surface area (Å²) in [6, 6.07) is 7.70. The molecule has 0 radical (unpaired) electrons. The van der Waals surface area contributed by atoms with Crippen LogP contribution in [0.25, 0.3) is 0 Å². The highest BCUT2D eigenvalue weighted by Crippen LogP contribution is 2.22. The molecule has 0 aliphatic heterocycles. The van der Waals surface area contributed by atoms with Crippen LogP contribution in [-0.4, -0.2) is 16.8 Å². The summed E-state index contributed by atoms with van der Waals surface area (Å²) < 4.78 is 0. The number of rotatable bonds is 4. The smallest absolute Gasteiger partial charge is 0.172 e. The van der Waals surface area contributed by atoms with E-state index in [4.69, 9.17) is 0 Å². The molecule has 0 unspecified atom stereocenters. The van der Waals surface area contributed by atoms with Crippen molar-refractivity contribution in [1.29, 1.82) is 0 Å². The average Bonchev–Trinajstić information content (AvgIpc) is 2.17. The van der Waals surface area contributed by atoms with Gasteiger partial charge in [-0.3, -0.25) is 4.79 Å². The second kappa shape index (κ2) is 5.47. The molecule has 0 aromatic heterocycles. The molecule has 1 aromatic carbocycles.